The van der Waals surface area contributed by atoms with Crippen molar-refractivity contribution in [2.45, 2.75) is 0 Å². The predicted octanol–water partition coefficient (Wildman–Crippen LogP) is 14.1. The van der Waals surface area contributed by atoms with Crippen molar-refractivity contribution in [2.75, 3.05) is 0 Å². The minimum atomic E-state index is 1.13. The summed E-state index contributed by atoms with van der Waals surface area (Å²) in [4.78, 5) is 0. The Morgan fingerprint density at radius 1 is 0.172 bits per heavy atom. The molecule has 0 aliphatic rings. The van der Waals surface area contributed by atoms with Gasteiger partial charge in [-0.05, 0) is 91.0 Å². The lowest BCUT2D eigenvalue weighted by atomic mass is 10.1. The Bertz CT molecular complexity index is 3690. The van der Waals surface area contributed by atoms with E-state index in [1.807, 2.05) is 0 Å². The number of aromatic nitrogens is 4. The van der Waals surface area contributed by atoms with Gasteiger partial charge in [-0.25, -0.2) is 0 Å². The van der Waals surface area contributed by atoms with E-state index in [4.69, 9.17) is 0 Å². The molecule has 0 radical (unpaired) electrons. The zero-order valence-corrected chi connectivity index (χ0v) is 31.4. The molecule has 4 aromatic heterocycles. The molecule has 0 bridgehead atoms. The van der Waals surface area contributed by atoms with E-state index in [1.165, 1.54) is 87.2 Å². The van der Waals surface area contributed by atoms with Gasteiger partial charge >= 0.3 is 0 Å². The predicted molar refractivity (Wildman–Crippen MR) is 244 cm³/mol. The van der Waals surface area contributed by atoms with E-state index in [-0.39, 0.29) is 0 Å². The van der Waals surface area contributed by atoms with Crippen LogP contribution in [0.15, 0.2) is 206 Å². The summed E-state index contributed by atoms with van der Waals surface area (Å²) < 4.78 is 9.71. The quantitative estimate of drug-likeness (QED) is 0.171. The van der Waals surface area contributed by atoms with E-state index in [2.05, 4.69) is 225 Å². The molecular weight excluding hydrogens is 705 g/mol. The molecule has 4 heteroatoms. The van der Waals surface area contributed by atoms with Gasteiger partial charge in [0.05, 0.1) is 44.1 Å². The van der Waals surface area contributed by atoms with Crippen molar-refractivity contribution in [1.82, 2.24) is 18.3 Å². The summed E-state index contributed by atoms with van der Waals surface area (Å²) in [7, 11) is 0. The number of hydrogen-bond acceptors (Lipinski definition) is 0. The summed E-state index contributed by atoms with van der Waals surface area (Å²) in [6.07, 6.45) is 0. The van der Waals surface area contributed by atoms with Gasteiger partial charge in [-0.15, -0.1) is 0 Å². The van der Waals surface area contributed by atoms with Gasteiger partial charge in [-0.2, -0.15) is 0 Å². The maximum atomic E-state index is 2.46. The topological polar surface area (TPSA) is 19.7 Å². The maximum absolute atomic E-state index is 2.46. The summed E-state index contributed by atoms with van der Waals surface area (Å²) in [5, 5.41) is 9.96. The standard InChI is InChI=1S/C54H34N4/c1-2-14-35(15-3-1)55-52-30-27-36(56-47-21-9-4-16-39(47)40-17-5-10-22-48(40)56)32-45(52)46-33-37(28-31-53(46)55)58-51-25-13-8-20-43(51)44-29-26-38(34-54(44)58)57-49-23-11-6-18-41(49)42-19-7-12-24-50(42)57/h1-34H. The first kappa shape index (κ1) is 31.4. The van der Waals surface area contributed by atoms with Gasteiger partial charge in [0.15, 0.2) is 0 Å². The smallest absolute Gasteiger partial charge is 0.0561 e. The molecule has 0 spiro atoms. The van der Waals surface area contributed by atoms with Crippen LogP contribution in [0, 0.1) is 0 Å². The van der Waals surface area contributed by atoms with Crippen LogP contribution in [-0.4, -0.2) is 18.3 Å². The number of nitrogens with zero attached hydrogens (tertiary/aromatic N) is 4. The van der Waals surface area contributed by atoms with Gasteiger partial charge in [0.1, 0.15) is 0 Å². The molecule has 0 saturated heterocycles. The van der Waals surface area contributed by atoms with Gasteiger partial charge in [0.2, 0.25) is 0 Å². The van der Waals surface area contributed by atoms with Crippen LogP contribution in [0.2, 0.25) is 0 Å². The Morgan fingerprint density at radius 3 is 0.897 bits per heavy atom. The van der Waals surface area contributed by atoms with E-state index in [0.29, 0.717) is 0 Å². The van der Waals surface area contributed by atoms with Crippen molar-refractivity contribution in [2.24, 2.45) is 0 Å². The van der Waals surface area contributed by atoms with Crippen LogP contribution in [0.1, 0.15) is 0 Å². The van der Waals surface area contributed by atoms with Crippen LogP contribution in [0.3, 0.4) is 0 Å². The molecule has 0 fully saturated rings. The monoisotopic (exact) mass is 738 g/mol. The molecule has 0 unspecified atom stereocenters. The van der Waals surface area contributed by atoms with Gasteiger partial charge in [0.25, 0.3) is 0 Å². The zero-order chi connectivity index (χ0) is 37.9. The molecule has 13 aromatic rings. The number of fused-ring (bicyclic) bond motifs is 12. The normalized spacial score (nSPS) is 12.1. The third-order valence-electron chi connectivity index (χ3n) is 12.3. The van der Waals surface area contributed by atoms with Crippen molar-refractivity contribution in [3.05, 3.63) is 206 Å². The number of benzene rings is 9. The summed E-state index contributed by atoms with van der Waals surface area (Å²) in [6.45, 7) is 0. The van der Waals surface area contributed by atoms with Gasteiger partial charge in [-0.3, -0.25) is 0 Å². The highest BCUT2D eigenvalue weighted by molar-refractivity contribution is 6.15. The van der Waals surface area contributed by atoms with Gasteiger partial charge in [0, 0.05) is 65.8 Å². The average Bonchev–Trinajstić information content (AvgIpc) is 4.01. The molecule has 13 rings (SSSR count). The lowest BCUT2D eigenvalue weighted by molar-refractivity contribution is 1.15. The SMILES string of the molecule is c1ccc(-n2c3ccc(-n4c5ccccc5c5ccccc54)cc3c3cc(-n4c5ccccc5c5ccc(-n6c7ccccc7c7ccccc76)cc54)ccc32)cc1. The van der Waals surface area contributed by atoms with E-state index < -0.39 is 0 Å². The molecule has 0 N–H and O–H groups in total. The Hall–Kier alpha value is -7.82. The molecule has 9 aromatic carbocycles. The molecule has 58 heavy (non-hydrogen) atoms. The highest BCUT2D eigenvalue weighted by Gasteiger charge is 2.20. The second-order valence-corrected chi connectivity index (χ2v) is 15.4. The molecule has 270 valence electrons. The molecule has 4 heterocycles. The van der Waals surface area contributed by atoms with Crippen molar-refractivity contribution < 1.29 is 0 Å². The Morgan fingerprint density at radius 2 is 0.466 bits per heavy atom. The lowest BCUT2D eigenvalue weighted by Gasteiger charge is -2.12. The fraction of sp³-hybridized carbons (Fsp3) is 0. The first-order chi connectivity index (χ1) is 28.8. The minimum absolute atomic E-state index is 1.13. The van der Waals surface area contributed by atoms with Crippen LogP contribution < -0.4 is 0 Å². The van der Waals surface area contributed by atoms with Crippen LogP contribution in [-0.2, 0) is 0 Å². The first-order valence-corrected chi connectivity index (χ1v) is 19.9. The Kier molecular flexibility index (Phi) is 6.41. The summed E-state index contributed by atoms with van der Waals surface area (Å²) in [5.74, 6) is 0. The summed E-state index contributed by atoms with van der Waals surface area (Å²) >= 11 is 0. The molecule has 4 nitrogen and oxygen atoms in total. The second kappa shape index (κ2) is 11.8. The fourth-order valence-corrected chi connectivity index (χ4v) is 9.91. The molecule has 0 saturated carbocycles. The highest BCUT2D eigenvalue weighted by atomic mass is 15.0. The summed E-state index contributed by atoms with van der Waals surface area (Å²) in [5.41, 5.74) is 14.1. The van der Waals surface area contributed by atoms with E-state index in [1.54, 1.807) is 0 Å². The maximum Gasteiger partial charge on any atom is 0.0561 e. The van der Waals surface area contributed by atoms with Crippen molar-refractivity contribution >= 4 is 87.2 Å². The Balaban J connectivity index is 1.10. The van der Waals surface area contributed by atoms with Crippen LogP contribution in [0.5, 0.6) is 0 Å². The number of para-hydroxylation sites is 6. The van der Waals surface area contributed by atoms with Gasteiger partial charge < -0.3 is 18.3 Å². The minimum Gasteiger partial charge on any atom is -0.309 e. The Labute approximate surface area is 333 Å². The largest absolute Gasteiger partial charge is 0.309 e. The third kappa shape index (κ3) is 4.29. The van der Waals surface area contributed by atoms with Crippen LogP contribution in [0.4, 0.5) is 0 Å². The van der Waals surface area contributed by atoms with Crippen molar-refractivity contribution in [1.29, 1.82) is 0 Å². The lowest BCUT2D eigenvalue weighted by Crippen LogP contribution is -1.97. The van der Waals surface area contributed by atoms with Crippen molar-refractivity contribution in [3.63, 3.8) is 0 Å². The summed E-state index contributed by atoms with van der Waals surface area (Å²) in [6, 6.07) is 75.5. The second-order valence-electron chi connectivity index (χ2n) is 15.4. The average molecular weight is 739 g/mol. The van der Waals surface area contributed by atoms with Gasteiger partial charge in [-0.1, -0.05) is 115 Å². The molecule has 0 atom stereocenters. The molecular formula is C54H34N4. The number of hydrogen-bond donors (Lipinski definition) is 0. The molecule has 0 aliphatic carbocycles. The number of rotatable bonds is 4. The van der Waals surface area contributed by atoms with E-state index in [0.717, 1.165) is 22.7 Å². The fourth-order valence-electron chi connectivity index (χ4n) is 9.91. The highest BCUT2D eigenvalue weighted by Crippen LogP contribution is 2.40. The van der Waals surface area contributed by atoms with E-state index >= 15 is 0 Å². The van der Waals surface area contributed by atoms with Crippen LogP contribution >= 0.6 is 0 Å². The first-order valence-electron chi connectivity index (χ1n) is 19.9. The zero-order valence-electron chi connectivity index (χ0n) is 31.4. The van der Waals surface area contributed by atoms with Crippen molar-refractivity contribution in [3.8, 4) is 22.7 Å². The van der Waals surface area contributed by atoms with E-state index in [9.17, 15) is 0 Å². The van der Waals surface area contributed by atoms with Crippen LogP contribution in [0.25, 0.3) is 110 Å². The molecule has 0 aliphatic heterocycles. The molecule has 0 amide bonds. The third-order valence-corrected chi connectivity index (χ3v) is 12.3.